The number of benzene rings is 1. The summed E-state index contributed by atoms with van der Waals surface area (Å²) >= 11 is -2.44. The van der Waals surface area contributed by atoms with Crippen LogP contribution in [0.2, 0.25) is 17.2 Å². The van der Waals surface area contributed by atoms with Gasteiger partial charge in [-0.2, -0.15) is 0 Å². The van der Waals surface area contributed by atoms with Crippen LogP contribution in [0.5, 0.6) is 0 Å². The van der Waals surface area contributed by atoms with E-state index in [9.17, 15) is 4.79 Å². The molecule has 0 bridgehead atoms. The second-order valence-corrected chi connectivity index (χ2v) is 22.1. The van der Waals surface area contributed by atoms with Gasteiger partial charge < -0.3 is 0 Å². The fourth-order valence-electron chi connectivity index (χ4n) is 5.05. The zero-order chi connectivity index (χ0) is 19.0. The molecule has 0 aromatic heterocycles. The van der Waals surface area contributed by atoms with Crippen molar-refractivity contribution in [3.8, 4) is 0 Å². The summed E-state index contributed by atoms with van der Waals surface area (Å²) in [6.45, 7) is 6.95. The van der Waals surface area contributed by atoms with Gasteiger partial charge >= 0.3 is 165 Å². The van der Waals surface area contributed by atoms with E-state index in [1.807, 2.05) is 0 Å². The molecule has 0 aliphatic heterocycles. The van der Waals surface area contributed by atoms with Crippen molar-refractivity contribution >= 4 is 24.3 Å². The monoisotopic (exact) mass is 466 g/mol. The summed E-state index contributed by atoms with van der Waals surface area (Å²) in [6.07, 6.45) is 7.91. The molecule has 1 fully saturated rings. The third kappa shape index (κ3) is 5.05. The predicted molar refractivity (Wildman–Crippen MR) is 113 cm³/mol. The van der Waals surface area contributed by atoms with Crippen molar-refractivity contribution in [2.24, 2.45) is 5.92 Å². The van der Waals surface area contributed by atoms with Crippen molar-refractivity contribution in [2.45, 2.75) is 82.5 Å². The maximum atomic E-state index is 12.6. The van der Waals surface area contributed by atoms with Gasteiger partial charge in [0.05, 0.1) is 0 Å². The Morgan fingerprint density at radius 3 is 1.85 bits per heavy atom. The summed E-state index contributed by atoms with van der Waals surface area (Å²) in [6, 6.07) is 10.8. The number of carbonyl (C=O) groups excluding carboxylic acids is 1. The van der Waals surface area contributed by atoms with Gasteiger partial charge in [0.1, 0.15) is 0 Å². The molecule has 1 aromatic rings. The molecule has 2 rings (SSSR count). The van der Waals surface area contributed by atoms with E-state index in [0.29, 0.717) is 9.85 Å². The zero-order valence-corrected chi connectivity index (χ0v) is 20.2. The Morgan fingerprint density at radius 1 is 0.923 bits per heavy atom. The topological polar surface area (TPSA) is 26.3 Å². The zero-order valence-electron chi connectivity index (χ0n) is 17.3. The summed E-state index contributed by atoms with van der Waals surface area (Å²) < 4.78 is 10.3. The molecule has 0 heterocycles. The minimum atomic E-state index is -2.44. The molecule has 26 heavy (non-hydrogen) atoms. The number of carbonyl (C=O) groups is 1. The van der Waals surface area contributed by atoms with Gasteiger partial charge in [-0.3, -0.25) is 0 Å². The Kier molecular flexibility index (Phi) is 8.99. The Balaban J connectivity index is 2.36. The normalized spacial score (nSPS) is 22.2. The van der Waals surface area contributed by atoms with E-state index in [0.717, 1.165) is 0 Å². The first-order chi connectivity index (χ1) is 12.6. The number of rotatable bonds is 12. The number of unbranched alkanes of at least 4 members (excludes halogenated alkanes) is 3. The van der Waals surface area contributed by atoms with Gasteiger partial charge in [-0.05, 0) is 0 Å². The van der Waals surface area contributed by atoms with Crippen molar-refractivity contribution in [1.82, 2.24) is 0 Å². The van der Waals surface area contributed by atoms with Crippen LogP contribution in [-0.2, 0) is 9.53 Å². The second-order valence-electron chi connectivity index (χ2n) is 8.18. The SMILES string of the molecule is CCC[CH2][Sn]([CH2]CCC)([CH2]CCC)[C@@H]1[C@@H](C(=O)OC)[C@H]1c1ccccc1. The molecule has 0 spiro atoms. The van der Waals surface area contributed by atoms with E-state index < -0.39 is 18.4 Å². The molecule has 1 aliphatic rings. The average Bonchev–Trinajstić information content (AvgIpc) is 3.44. The Hall–Kier alpha value is -0.511. The van der Waals surface area contributed by atoms with E-state index in [2.05, 4.69) is 51.1 Å². The van der Waals surface area contributed by atoms with Crippen LogP contribution in [0, 0.1) is 5.92 Å². The summed E-state index contributed by atoms with van der Waals surface area (Å²) in [4.78, 5) is 12.6. The molecule has 0 N–H and O–H groups in total. The first-order valence-corrected chi connectivity index (χ1v) is 18.5. The van der Waals surface area contributed by atoms with Crippen molar-refractivity contribution in [1.29, 1.82) is 0 Å². The van der Waals surface area contributed by atoms with Gasteiger partial charge in [0.2, 0.25) is 0 Å². The van der Waals surface area contributed by atoms with Crippen molar-refractivity contribution in [3.63, 3.8) is 0 Å². The number of hydrogen-bond donors (Lipinski definition) is 0. The van der Waals surface area contributed by atoms with Gasteiger partial charge in [-0.25, -0.2) is 0 Å². The van der Waals surface area contributed by atoms with Gasteiger partial charge in [0.15, 0.2) is 0 Å². The molecule has 1 aliphatic carbocycles. The van der Waals surface area contributed by atoms with Crippen LogP contribution in [-0.4, -0.2) is 31.5 Å². The molecule has 0 amide bonds. The van der Waals surface area contributed by atoms with E-state index in [1.165, 1.54) is 57.4 Å². The molecular weight excluding hydrogens is 427 g/mol. The number of hydrogen-bond acceptors (Lipinski definition) is 2. The van der Waals surface area contributed by atoms with E-state index in [4.69, 9.17) is 4.74 Å². The fraction of sp³-hybridized carbons (Fsp3) is 0.696. The second kappa shape index (κ2) is 10.7. The molecule has 3 atom stereocenters. The van der Waals surface area contributed by atoms with Crippen molar-refractivity contribution < 1.29 is 9.53 Å². The van der Waals surface area contributed by atoms with Gasteiger partial charge in [0, 0.05) is 0 Å². The molecule has 0 saturated heterocycles. The van der Waals surface area contributed by atoms with E-state index in [1.54, 1.807) is 7.11 Å². The molecule has 1 aromatic carbocycles. The van der Waals surface area contributed by atoms with Crippen molar-refractivity contribution in [2.75, 3.05) is 7.11 Å². The summed E-state index contributed by atoms with van der Waals surface area (Å²) in [5.41, 5.74) is 1.37. The van der Waals surface area contributed by atoms with Crippen LogP contribution < -0.4 is 0 Å². The molecule has 0 radical (unpaired) electrons. The average molecular weight is 465 g/mol. The Labute approximate surface area is 165 Å². The predicted octanol–water partition coefficient (Wildman–Crippen LogP) is 6.79. The van der Waals surface area contributed by atoms with Crippen LogP contribution >= 0.6 is 0 Å². The first-order valence-electron chi connectivity index (χ1n) is 10.8. The molecule has 3 heteroatoms. The summed E-state index contributed by atoms with van der Waals surface area (Å²) in [5.74, 6) is 0.628. The van der Waals surface area contributed by atoms with E-state index in [-0.39, 0.29) is 11.9 Å². The minimum absolute atomic E-state index is 0.0504. The third-order valence-electron chi connectivity index (χ3n) is 6.47. The molecule has 0 unspecified atom stereocenters. The number of methoxy groups -OCH3 is 1. The quantitative estimate of drug-likeness (QED) is 0.251. The number of esters is 1. The van der Waals surface area contributed by atoms with Gasteiger partial charge in [-0.1, -0.05) is 0 Å². The van der Waals surface area contributed by atoms with Crippen LogP contribution in [0.1, 0.15) is 70.8 Å². The van der Waals surface area contributed by atoms with Crippen LogP contribution in [0.25, 0.3) is 0 Å². The Morgan fingerprint density at radius 2 is 1.42 bits per heavy atom. The maximum absolute atomic E-state index is 12.6. The van der Waals surface area contributed by atoms with Crippen molar-refractivity contribution in [3.05, 3.63) is 35.9 Å². The first kappa shape index (κ1) is 21.8. The molecule has 2 nitrogen and oxygen atoms in total. The number of ether oxygens (including phenoxy) is 1. The summed E-state index contributed by atoms with van der Waals surface area (Å²) in [5, 5.41) is 0. The molecular formula is C23H38O2Sn. The standard InChI is InChI=1S/C11H11O2.3C4H9.Sn/c1-13-11(12)10-7-9(10)8-5-3-2-4-6-8;3*1-3-4-2;/h2-7,9-10H,1H3;3*1,3-4H2,2H3;/t9-,10-;;;;/m1..../s1. The van der Waals surface area contributed by atoms with Gasteiger partial charge in [-0.15, -0.1) is 0 Å². The Bertz CT molecular complexity index is 521. The fourth-order valence-corrected chi connectivity index (χ4v) is 25.3. The van der Waals surface area contributed by atoms with Crippen LogP contribution in [0.15, 0.2) is 30.3 Å². The van der Waals surface area contributed by atoms with E-state index >= 15 is 0 Å². The van der Waals surface area contributed by atoms with Crippen LogP contribution in [0.3, 0.4) is 0 Å². The van der Waals surface area contributed by atoms with Crippen LogP contribution in [0.4, 0.5) is 0 Å². The molecule has 1 saturated carbocycles. The summed E-state index contributed by atoms with van der Waals surface area (Å²) in [7, 11) is 1.57. The third-order valence-corrected chi connectivity index (χ3v) is 24.1. The molecule has 146 valence electrons. The van der Waals surface area contributed by atoms with Gasteiger partial charge in [0.25, 0.3) is 0 Å².